The summed E-state index contributed by atoms with van der Waals surface area (Å²) in [6.07, 6.45) is 10.0. The molecule has 2 amide bonds. The molecular formula is C25H54N2O2. The van der Waals surface area contributed by atoms with Crippen LogP contribution in [0.25, 0.3) is 0 Å². The van der Waals surface area contributed by atoms with Gasteiger partial charge in [0.2, 0.25) is 11.8 Å². The van der Waals surface area contributed by atoms with Crippen LogP contribution in [0.4, 0.5) is 0 Å². The van der Waals surface area contributed by atoms with Crippen LogP contribution in [-0.4, -0.2) is 47.8 Å². The zero-order chi connectivity index (χ0) is 22.1. The van der Waals surface area contributed by atoms with Gasteiger partial charge in [0.05, 0.1) is 0 Å². The van der Waals surface area contributed by atoms with Crippen molar-refractivity contribution in [1.82, 2.24) is 9.80 Å². The summed E-state index contributed by atoms with van der Waals surface area (Å²) in [5.74, 6) is 0.941. The molecular weight excluding hydrogens is 360 g/mol. The lowest BCUT2D eigenvalue weighted by atomic mass is 9.94. The van der Waals surface area contributed by atoms with Crippen molar-refractivity contribution in [3.63, 3.8) is 0 Å². The lowest BCUT2D eigenvalue weighted by Crippen LogP contribution is -2.40. The predicted molar refractivity (Wildman–Crippen MR) is 129 cm³/mol. The summed E-state index contributed by atoms with van der Waals surface area (Å²) in [5.41, 5.74) is 0. The van der Waals surface area contributed by atoms with Crippen LogP contribution in [0, 0.1) is 11.8 Å². The molecule has 1 saturated heterocycles. The highest BCUT2D eigenvalue weighted by atomic mass is 16.2. The third kappa shape index (κ3) is 13.7. The molecule has 4 nitrogen and oxygen atoms in total. The Morgan fingerprint density at radius 3 is 1.55 bits per heavy atom. The Balaban J connectivity index is -0.000000389. The average molecular weight is 415 g/mol. The van der Waals surface area contributed by atoms with Crippen LogP contribution in [0.2, 0.25) is 0 Å². The first kappa shape index (κ1) is 32.6. The van der Waals surface area contributed by atoms with Crippen molar-refractivity contribution < 1.29 is 9.59 Å². The van der Waals surface area contributed by atoms with Crippen LogP contribution in [0.15, 0.2) is 0 Å². The van der Waals surface area contributed by atoms with E-state index in [2.05, 4.69) is 0 Å². The minimum absolute atomic E-state index is 0. The van der Waals surface area contributed by atoms with Gasteiger partial charge in [0, 0.05) is 38.0 Å². The Labute approximate surface area is 183 Å². The molecule has 2 rings (SSSR count). The highest BCUT2D eigenvalue weighted by molar-refractivity contribution is 5.78. The lowest BCUT2D eigenvalue weighted by molar-refractivity contribution is -0.136. The SMILES string of the molecule is C.CC.CC.CC(C)C(=O)N(C)C1CCCCC1.CC(C)C(=O)N1CCCCC1. The molecule has 1 aliphatic heterocycles. The molecule has 0 N–H and O–H groups in total. The molecule has 0 bridgehead atoms. The van der Waals surface area contributed by atoms with Crippen LogP contribution in [0.1, 0.15) is 114 Å². The first-order valence-corrected chi connectivity index (χ1v) is 11.9. The standard InChI is InChI=1S/C11H21NO.C9H17NO.2C2H6.CH4/c1-9(2)11(13)12(3)10-7-5-4-6-8-10;1-8(2)9(11)10-6-4-3-5-7-10;2*1-2;/h9-10H,4-8H2,1-3H3;8H,3-7H2,1-2H3;2*1-2H3;1H4. The molecule has 29 heavy (non-hydrogen) atoms. The Hall–Kier alpha value is -1.06. The van der Waals surface area contributed by atoms with Gasteiger partial charge in [-0.25, -0.2) is 0 Å². The van der Waals surface area contributed by atoms with Gasteiger partial charge in [-0.05, 0) is 32.1 Å². The minimum Gasteiger partial charge on any atom is -0.343 e. The number of amides is 2. The largest absolute Gasteiger partial charge is 0.343 e. The first-order chi connectivity index (χ1) is 13.3. The molecule has 1 aliphatic carbocycles. The van der Waals surface area contributed by atoms with Gasteiger partial charge in [0.25, 0.3) is 0 Å². The molecule has 0 aromatic rings. The second-order valence-electron chi connectivity index (χ2n) is 7.94. The van der Waals surface area contributed by atoms with E-state index in [1.165, 1.54) is 51.4 Å². The summed E-state index contributed by atoms with van der Waals surface area (Å²) >= 11 is 0. The molecule has 1 saturated carbocycles. The normalized spacial score (nSPS) is 16.2. The van der Waals surface area contributed by atoms with E-state index in [0.717, 1.165) is 13.1 Å². The van der Waals surface area contributed by atoms with E-state index in [-0.39, 0.29) is 19.3 Å². The van der Waals surface area contributed by atoms with Crippen LogP contribution in [0.3, 0.4) is 0 Å². The van der Waals surface area contributed by atoms with Gasteiger partial charge in [-0.15, -0.1) is 0 Å². The van der Waals surface area contributed by atoms with Crippen molar-refractivity contribution in [2.45, 2.75) is 120 Å². The molecule has 2 fully saturated rings. The number of likely N-dealkylation sites (tertiary alicyclic amines) is 1. The number of hydrogen-bond acceptors (Lipinski definition) is 2. The number of nitrogens with zero attached hydrogens (tertiary/aromatic N) is 2. The second kappa shape index (κ2) is 20.2. The molecule has 0 spiro atoms. The first-order valence-electron chi connectivity index (χ1n) is 11.9. The van der Waals surface area contributed by atoms with Crippen molar-refractivity contribution >= 4 is 11.8 Å². The zero-order valence-electron chi connectivity index (χ0n) is 20.5. The number of rotatable bonds is 3. The van der Waals surface area contributed by atoms with E-state index >= 15 is 0 Å². The van der Waals surface area contributed by atoms with Crippen molar-refractivity contribution in [3.8, 4) is 0 Å². The van der Waals surface area contributed by atoms with E-state index in [9.17, 15) is 9.59 Å². The Kier molecular flexibility index (Phi) is 22.7. The van der Waals surface area contributed by atoms with E-state index in [4.69, 9.17) is 0 Å². The second-order valence-corrected chi connectivity index (χ2v) is 7.94. The summed E-state index contributed by atoms with van der Waals surface area (Å²) in [5, 5.41) is 0. The average Bonchev–Trinajstić information content (AvgIpc) is 2.76. The smallest absolute Gasteiger partial charge is 0.225 e. The molecule has 0 atom stereocenters. The van der Waals surface area contributed by atoms with Crippen LogP contribution < -0.4 is 0 Å². The molecule has 4 heteroatoms. The van der Waals surface area contributed by atoms with Crippen molar-refractivity contribution in [2.75, 3.05) is 20.1 Å². The van der Waals surface area contributed by atoms with E-state index in [0.29, 0.717) is 17.9 Å². The zero-order valence-corrected chi connectivity index (χ0v) is 20.5. The van der Waals surface area contributed by atoms with Gasteiger partial charge in [-0.3, -0.25) is 9.59 Å². The Morgan fingerprint density at radius 1 is 0.759 bits per heavy atom. The molecule has 0 aromatic heterocycles. The molecule has 1 heterocycles. The van der Waals surface area contributed by atoms with E-state index < -0.39 is 0 Å². The highest BCUT2D eigenvalue weighted by Gasteiger charge is 2.23. The van der Waals surface area contributed by atoms with Gasteiger partial charge in [-0.1, -0.05) is 82.1 Å². The predicted octanol–water partition coefficient (Wildman–Crippen LogP) is 6.78. The third-order valence-electron chi connectivity index (χ3n) is 5.13. The Morgan fingerprint density at radius 2 is 1.17 bits per heavy atom. The van der Waals surface area contributed by atoms with Crippen molar-refractivity contribution in [1.29, 1.82) is 0 Å². The fourth-order valence-electron chi connectivity index (χ4n) is 3.53. The topological polar surface area (TPSA) is 40.6 Å². The highest BCUT2D eigenvalue weighted by Crippen LogP contribution is 2.22. The number of piperidine rings is 1. The van der Waals surface area contributed by atoms with Gasteiger partial charge < -0.3 is 9.80 Å². The number of carbonyl (C=O) groups excluding carboxylic acids is 2. The van der Waals surface area contributed by atoms with Gasteiger partial charge in [0.15, 0.2) is 0 Å². The van der Waals surface area contributed by atoms with Crippen LogP contribution >= 0.6 is 0 Å². The van der Waals surface area contributed by atoms with Crippen LogP contribution in [-0.2, 0) is 9.59 Å². The molecule has 0 unspecified atom stereocenters. The fourth-order valence-corrected chi connectivity index (χ4v) is 3.53. The van der Waals surface area contributed by atoms with Crippen molar-refractivity contribution in [3.05, 3.63) is 0 Å². The summed E-state index contributed by atoms with van der Waals surface area (Å²) in [7, 11) is 1.96. The maximum absolute atomic E-state index is 11.7. The summed E-state index contributed by atoms with van der Waals surface area (Å²) < 4.78 is 0. The molecule has 2 aliphatic rings. The number of carbonyl (C=O) groups is 2. The minimum atomic E-state index is 0. The maximum atomic E-state index is 11.7. The maximum Gasteiger partial charge on any atom is 0.225 e. The fraction of sp³-hybridized carbons (Fsp3) is 0.920. The third-order valence-corrected chi connectivity index (χ3v) is 5.13. The molecule has 0 aromatic carbocycles. The summed E-state index contributed by atoms with van der Waals surface area (Å²) in [6, 6.07) is 0.517. The summed E-state index contributed by atoms with van der Waals surface area (Å²) in [4.78, 5) is 27.0. The quantitative estimate of drug-likeness (QED) is 0.511. The van der Waals surface area contributed by atoms with E-state index in [1.54, 1.807) is 0 Å². The lowest BCUT2D eigenvalue weighted by Gasteiger charge is -2.32. The van der Waals surface area contributed by atoms with E-state index in [1.807, 2.05) is 72.2 Å². The monoisotopic (exact) mass is 414 g/mol. The van der Waals surface area contributed by atoms with Gasteiger partial charge in [0.1, 0.15) is 0 Å². The number of hydrogen-bond donors (Lipinski definition) is 0. The summed E-state index contributed by atoms with van der Waals surface area (Å²) in [6.45, 7) is 17.9. The Bertz CT molecular complexity index is 382. The van der Waals surface area contributed by atoms with Gasteiger partial charge in [-0.2, -0.15) is 0 Å². The van der Waals surface area contributed by atoms with Crippen molar-refractivity contribution in [2.24, 2.45) is 11.8 Å². The molecule has 176 valence electrons. The van der Waals surface area contributed by atoms with Gasteiger partial charge >= 0.3 is 0 Å². The molecule has 0 radical (unpaired) electrons. The van der Waals surface area contributed by atoms with Crippen LogP contribution in [0.5, 0.6) is 0 Å².